The molecule has 0 radical (unpaired) electrons. The van der Waals surface area contributed by atoms with E-state index in [4.69, 9.17) is 9.15 Å². The van der Waals surface area contributed by atoms with Crippen molar-refractivity contribution in [1.29, 1.82) is 0 Å². The molecule has 0 saturated heterocycles. The van der Waals surface area contributed by atoms with Crippen LogP contribution in [0.25, 0.3) is 0 Å². The molecule has 2 aromatic carbocycles. The monoisotopic (exact) mass is 369 g/mol. The Morgan fingerprint density at radius 2 is 1.74 bits per heavy atom. The lowest BCUT2D eigenvalue weighted by molar-refractivity contribution is 0.00252. The van der Waals surface area contributed by atoms with Gasteiger partial charge in [0.1, 0.15) is 18.2 Å². The largest absolute Gasteiger partial charge is 0.467 e. The second-order valence-electron chi connectivity index (χ2n) is 6.53. The van der Waals surface area contributed by atoms with E-state index >= 15 is 0 Å². The van der Waals surface area contributed by atoms with E-state index < -0.39 is 6.10 Å². The second kappa shape index (κ2) is 10.0. The molecule has 1 N–H and O–H groups in total. The van der Waals surface area contributed by atoms with Gasteiger partial charge in [0.05, 0.1) is 19.0 Å². The minimum Gasteiger partial charge on any atom is -0.467 e. The molecule has 0 spiro atoms. The minimum absolute atomic E-state index is 0.204. The Morgan fingerprint density at radius 3 is 2.48 bits per heavy atom. The minimum atomic E-state index is -0.655. The molecule has 0 aliphatic heterocycles. The third-order valence-electron chi connectivity index (χ3n) is 4.15. The van der Waals surface area contributed by atoms with Gasteiger partial charge in [0.25, 0.3) is 0 Å². The molecule has 0 unspecified atom stereocenters. The van der Waals surface area contributed by atoms with Crippen LogP contribution in [0.15, 0.2) is 77.4 Å². The quantitative estimate of drug-likeness (QED) is 0.587. The molecular weight excluding hydrogens is 345 g/mol. The zero-order chi connectivity index (χ0) is 18.9. The molecular formula is C22H24FNO3. The molecule has 3 aromatic rings. The first-order chi connectivity index (χ1) is 13.2. The van der Waals surface area contributed by atoms with Gasteiger partial charge in [-0.25, -0.2) is 4.39 Å². The van der Waals surface area contributed by atoms with Gasteiger partial charge in [0.15, 0.2) is 0 Å². The van der Waals surface area contributed by atoms with Gasteiger partial charge in [-0.05, 0) is 35.4 Å². The fraction of sp³-hybridized carbons (Fsp3) is 0.273. The molecule has 1 aromatic heterocycles. The summed E-state index contributed by atoms with van der Waals surface area (Å²) in [5, 5.41) is 10.4. The maximum Gasteiger partial charge on any atom is 0.129 e. The maximum atomic E-state index is 13.5. The maximum absolute atomic E-state index is 13.5. The van der Waals surface area contributed by atoms with E-state index in [1.54, 1.807) is 18.4 Å². The van der Waals surface area contributed by atoms with Gasteiger partial charge in [-0.2, -0.15) is 0 Å². The standard InChI is InChI=1S/C22H24FNO3/c23-20-9-4-8-19(12-20)14-24(13-18-6-2-1-3-7-18)15-21(25)16-26-17-22-10-5-11-27-22/h1-12,21,25H,13-17H2/t21-/m1/s1. The number of aliphatic hydroxyl groups excluding tert-OH is 1. The van der Waals surface area contributed by atoms with Crippen LogP contribution in [0.5, 0.6) is 0 Å². The molecule has 0 bridgehead atoms. The van der Waals surface area contributed by atoms with Crippen LogP contribution in [-0.2, 0) is 24.4 Å². The van der Waals surface area contributed by atoms with Gasteiger partial charge < -0.3 is 14.3 Å². The van der Waals surface area contributed by atoms with Gasteiger partial charge in [-0.3, -0.25) is 4.90 Å². The molecule has 0 amide bonds. The summed E-state index contributed by atoms with van der Waals surface area (Å²) >= 11 is 0. The number of benzene rings is 2. The normalized spacial score (nSPS) is 12.4. The van der Waals surface area contributed by atoms with Crippen molar-refractivity contribution in [2.45, 2.75) is 25.8 Å². The molecule has 27 heavy (non-hydrogen) atoms. The average Bonchev–Trinajstić information content (AvgIpc) is 3.16. The first-order valence-corrected chi connectivity index (χ1v) is 8.98. The highest BCUT2D eigenvalue weighted by atomic mass is 19.1. The Morgan fingerprint density at radius 1 is 0.963 bits per heavy atom. The highest BCUT2D eigenvalue weighted by Gasteiger charge is 2.14. The van der Waals surface area contributed by atoms with Crippen molar-refractivity contribution in [3.8, 4) is 0 Å². The summed E-state index contributed by atoms with van der Waals surface area (Å²) in [7, 11) is 0. The molecule has 4 nitrogen and oxygen atoms in total. The van der Waals surface area contributed by atoms with Crippen LogP contribution < -0.4 is 0 Å². The number of hydrogen-bond acceptors (Lipinski definition) is 4. The fourth-order valence-electron chi connectivity index (χ4n) is 2.96. The zero-order valence-corrected chi connectivity index (χ0v) is 15.1. The lowest BCUT2D eigenvalue weighted by atomic mass is 10.1. The van der Waals surface area contributed by atoms with Crippen molar-refractivity contribution >= 4 is 0 Å². The predicted octanol–water partition coefficient (Wildman–Crippen LogP) is 4.00. The summed E-state index contributed by atoms with van der Waals surface area (Å²) in [6, 6.07) is 20.2. The summed E-state index contributed by atoms with van der Waals surface area (Å²) in [6.07, 6.45) is 0.938. The van der Waals surface area contributed by atoms with Crippen LogP contribution in [0.3, 0.4) is 0 Å². The third-order valence-corrected chi connectivity index (χ3v) is 4.15. The summed E-state index contributed by atoms with van der Waals surface area (Å²) < 4.78 is 24.3. The van der Waals surface area contributed by atoms with Crippen LogP contribution in [0.2, 0.25) is 0 Å². The highest BCUT2D eigenvalue weighted by Crippen LogP contribution is 2.12. The van der Waals surface area contributed by atoms with E-state index in [1.165, 1.54) is 12.1 Å². The van der Waals surface area contributed by atoms with Crippen molar-refractivity contribution in [2.24, 2.45) is 0 Å². The molecule has 1 atom stereocenters. The van der Waals surface area contributed by atoms with Gasteiger partial charge in [-0.1, -0.05) is 42.5 Å². The lowest BCUT2D eigenvalue weighted by Crippen LogP contribution is -2.34. The predicted molar refractivity (Wildman–Crippen MR) is 101 cm³/mol. The van der Waals surface area contributed by atoms with E-state index in [0.717, 1.165) is 16.9 Å². The first kappa shape index (κ1) is 19.3. The van der Waals surface area contributed by atoms with E-state index in [0.29, 0.717) is 26.2 Å². The highest BCUT2D eigenvalue weighted by molar-refractivity contribution is 5.18. The Bertz CT molecular complexity index is 792. The Balaban J connectivity index is 1.58. The van der Waals surface area contributed by atoms with Crippen LogP contribution in [0.4, 0.5) is 4.39 Å². The second-order valence-corrected chi connectivity index (χ2v) is 6.53. The number of aliphatic hydroxyl groups is 1. The summed E-state index contributed by atoms with van der Waals surface area (Å²) in [6.45, 7) is 2.15. The van der Waals surface area contributed by atoms with E-state index in [1.807, 2.05) is 42.5 Å². The van der Waals surface area contributed by atoms with E-state index in [9.17, 15) is 9.50 Å². The fourth-order valence-corrected chi connectivity index (χ4v) is 2.96. The number of furan rings is 1. The van der Waals surface area contributed by atoms with Crippen molar-refractivity contribution in [1.82, 2.24) is 4.90 Å². The van der Waals surface area contributed by atoms with Crippen molar-refractivity contribution in [2.75, 3.05) is 13.2 Å². The SMILES string of the molecule is O[C@@H](COCc1ccco1)CN(Cc1ccccc1)Cc1cccc(F)c1. The Hall–Kier alpha value is -2.47. The Labute approximate surface area is 158 Å². The topological polar surface area (TPSA) is 45.8 Å². The molecule has 142 valence electrons. The molecule has 0 saturated carbocycles. The van der Waals surface area contributed by atoms with Crippen LogP contribution in [0, 0.1) is 5.82 Å². The summed E-state index contributed by atoms with van der Waals surface area (Å²) in [5.74, 6) is 0.470. The number of ether oxygens (including phenoxy) is 1. The van der Waals surface area contributed by atoms with Crippen molar-refractivity contribution < 1.29 is 18.7 Å². The van der Waals surface area contributed by atoms with Gasteiger partial charge in [0.2, 0.25) is 0 Å². The van der Waals surface area contributed by atoms with Crippen LogP contribution in [-0.4, -0.2) is 29.3 Å². The number of hydrogen-bond donors (Lipinski definition) is 1. The summed E-state index contributed by atoms with van der Waals surface area (Å²) in [4.78, 5) is 2.09. The molecule has 0 aliphatic carbocycles. The third kappa shape index (κ3) is 6.64. The van der Waals surface area contributed by atoms with Gasteiger partial charge >= 0.3 is 0 Å². The lowest BCUT2D eigenvalue weighted by Gasteiger charge is -2.25. The number of nitrogens with zero attached hydrogens (tertiary/aromatic N) is 1. The van der Waals surface area contributed by atoms with Crippen molar-refractivity contribution in [3.05, 3.63) is 95.7 Å². The van der Waals surface area contributed by atoms with E-state index in [-0.39, 0.29) is 12.4 Å². The molecule has 0 aliphatic rings. The van der Waals surface area contributed by atoms with Gasteiger partial charge in [0, 0.05) is 19.6 Å². The Kier molecular flexibility index (Phi) is 7.16. The molecule has 1 heterocycles. The average molecular weight is 369 g/mol. The number of rotatable bonds is 10. The molecule has 5 heteroatoms. The summed E-state index contributed by atoms with van der Waals surface area (Å²) in [5.41, 5.74) is 2.01. The van der Waals surface area contributed by atoms with Crippen molar-refractivity contribution in [3.63, 3.8) is 0 Å². The van der Waals surface area contributed by atoms with Crippen LogP contribution >= 0.6 is 0 Å². The molecule has 3 rings (SSSR count). The van der Waals surface area contributed by atoms with Gasteiger partial charge in [-0.15, -0.1) is 0 Å². The van der Waals surface area contributed by atoms with Crippen LogP contribution in [0.1, 0.15) is 16.9 Å². The smallest absolute Gasteiger partial charge is 0.129 e. The van der Waals surface area contributed by atoms with E-state index in [2.05, 4.69) is 4.90 Å². The zero-order valence-electron chi connectivity index (χ0n) is 15.1. The molecule has 0 fully saturated rings. The number of halogens is 1. The first-order valence-electron chi connectivity index (χ1n) is 8.98.